The van der Waals surface area contributed by atoms with Gasteiger partial charge in [0.05, 0.1) is 18.8 Å². The van der Waals surface area contributed by atoms with Crippen LogP contribution in [0.15, 0.2) is 0 Å². The van der Waals surface area contributed by atoms with E-state index in [1.807, 2.05) is 0 Å². The molecule has 0 saturated carbocycles. The number of hydrogen-bond acceptors (Lipinski definition) is 4. The molecular weight excluding hydrogens is 134 g/mol. The zero-order valence-electron chi connectivity index (χ0n) is 5.62. The van der Waals surface area contributed by atoms with Crippen LogP contribution in [0, 0.1) is 0 Å². The molecule has 0 aromatic carbocycles. The number of ether oxygens (including phenoxy) is 2. The van der Waals surface area contributed by atoms with Crippen molar-refractivity contribution in [1.29, 1.82) is 0 Å². The fourth-order valence-electron chi connectivity index (χ4n) is 1.48. The van der Waals surface area contributed by atoms with Crippen LogP contribution < -0.4 is 5.73 Å². The van der Waals surface area contributed by atoms with Gasteiger partial charge in [-0.1, -0.05) is 0 Å². The molecule has 3 N–H and O–H groups in total. The highest BCUT2D eigenvalue weighted by atomic mass is 16.7. The summed E-state index contributed by atoms with van der Waals surface area (Å²) < 4.78 is 10.2. The number of aliphatic hydroxyl groups excluding tert-OH is 1. The zero-order chi connectivity index (χ0) is 7.19. The lowest BCUT2D eigenvalue weighted by atomic mass is 9.94. The maximum atomic E-state index is 9.33. The first-order valence-corrected chi connectivity index (χ1v) is 3.43. The van der Waals surface area contributed by atoms with E-state index < -0.39 is 11.6 Å². The largest absolute Gasteiger partial charge is 0.389 e. The van der Waals surface area contributed by atoms with Gasteiger partial charge in [-0.25, -0.2) is 0 Å². The molecule has 2 aliphatic rings. The lowest BCUT2D eigenvalue weighted by Crippen LogP contribution is -2.52. The third-order valence-electron chi connectivity index (χ3n) is 2.27. The van der Waals surface area contributed by atoms with E-state index in [2.05, 4.69) is 0 Å². The Labute approximate surface area is 58.9 Å². The molecule has 2 saturated heterocycles. The maximum absolute atomic E-state index is 9.33. The minimum Gasteiger partial charge on any atom is -0.389 e. The first kappa shape index (κ1) is 6.54. The molecule has 0 aromatic rings. The average Bonchev–Trinajstić information content (AvgIpc) is 2.36. The first-order valence-electron chi connectivity index (χ1n) is 3.43. The Hall–Kier alpha value is -0.160. The SMILES string of the molecule is N[C@]12CCO[C@H]1OC[C@@H]2O. The van der Waals surface area contributed by atoms with Crippen molar-refractivity contribution in [2.24, 2.45) is 5.73 Å². The fraction of sp³-hybridized carbons (Fsp3) is 1.00. The van der Waals surface area contributed by atoms with E-state index in [-0.39, 0.29) is 6.29 Å². The Kier molecular flexibility index (Phi) is 1.25. The molecule has 2 rings (SSSR count). The van der Waals surface area contributed by atoms with Crippen molar-refractivity contribution in [2.75, 3.05) is 13.2 Å². The van der Waals surface area contributed by atoms with Gasteiger partial charge in [0.1, 0.15) is 6.10 Å². The van der Waals surface area contributed by atoms with E-state index in [1.54, 1.807) is 0 Å². The Balaban J connectivity index is 2.21. The predicted octanol–water partition coefficient (Wildman–Crippen LogP) is -1.18. The van der Waals surface area contributed by atoms with Crippen molar-refractivity contribution < 1.29 is 14.6 Å². The summed E-state index contributed by atoms with van der Waals surface area (Å²) in [7, 11) is 0. The molecule has 4 nitrogen and oxygen atoms in total. The van der Waals surface area contributed by atoms with Crippen LogP contribution in [0.5, 0.6) is 0 Å². The van der Waals surface area contributed by atoms with Crippen LogP contribution in [0.3, 0.4) is 0 Å². The van der Waals surface area contributed by atoms with E-state index in [0.29, 0.717) is 19.6 Å². The topological polar surface area (TPSA) is 64.7 Å². The van der Waals surface area contributed by atoms with Crippen LogP contribution in [0.4, 0.5) is 0 Å². The third kappa shape index (κ3) is 0.645. The monoisotopic (exact) mass is 145 g/mol. The lowest BCUT2D eigenvalue weighted by Gasteiger charge is -2.22. The average molecular weight is 145 g/mol. The number of aliphatic hydroxyl groups is 1. The van der Waals surface area contributed by atoms with Crippen molar-refractivity contribution in [3.8, 4) is 0 Å². The molecule has 0 amide bonds. The summed E-state index contributed by atoms with van der Waals surface area (Å²) >= 11 is 0. The summed E-state index contributed by atoms with van der Waals surface area (Å²) in [4.78, 5) is 0. The van der Waals surface area contributed by atoms with Gasteiger partial charge in [-0.05, 0) is 6.42 Å². The second-order valence-electron chi connectivity index (χ2n) is 2.91. The van der Waals surface area contributed by atoms with Crippen LogP contribution in [0.1, 0.15) is 6.42 Å². The van der Waals surface area contributed by atoms with Gasteiger partial charge in [-0.15, -0.1) is 0 Å². The van der Waals surface area contributed by atoms with Crippen molar-refractivity contribution in [1.82, 2.24) is 0 Å². The lowest BCUT2D eigenvalue weighted by molar-refractivity contribution is -0.0949. The predicted molar refractivity (Wildman–Crippen MR) is 33.2 cm³/mol. The van der Waals surface area contributed by atoms with Crippen molar-refractivity contribution in [3.63, 3.8) is 0 Å². The number of hydrogen-bond donors (Lipinski definition) is 2. The van der Waals surface area contributed by atoms with Crippen molar-refractivity contribution >= 4 is 0 Å². The number of rotatable bonds is 0. The molecule has 4 heteroatoms. The Bertz CT molecular complexity index is 152. The van der Waals surface area contributed by atoms with Gasteiger partial charge in [0.15, 0.2) is 6.29 Å². The van der Waals surface area contributed by atoms with Gasteiger partial charge in [-0.3, -0.25) is 0 Å². The Morgan fingerprint density at radius 3 is 3.00 bits per heavy atom. The highest BCUT2D eigenvalue weighted by Gasteiger charge is 2.52. The molecular formula is C6H11NO3. The number of fused-ring (bicyclic) bond motifs is 1. The molecule has 0 unspecified atom stereocenters. The van der Waals surface area contributed by atoms with E-state index in [1.165, 1.54) is 0 Å². The molecule has 0 aliphatic carbocycles. The highest BCUT2D eigenvalue weighted by Crippen LogP contribution is 2.33. The highest BCUT2D eigenvalue weighted by molar-refractivity contribution is 5.02. The van der Waals surface area contributed by atoms with Crippen LogP contribution in [0.25, 0.3) is 0 Å². The standard InChI is InChI=1S/C6H11NO3/c7-6-1-2-9-5(6)10-3-4(6)8/h4-5,8H,1-3,7H2/t4-,5-,6-/m0/s1. The minimum absolute atomic E-state index is 0.307. The quantitative estimate of drug-likeness (QED) is 0.450. The maximum Gasteiger partial charge on any atom is 0.178 e. The number of nitrogens with two attached hydrogens (primary N) is 1. The van der Waals surface area contributed by atoms with Gasteiger partial charge < -0.3 is 20.3 Å². The van der Waals surface area contributed by atoms with Gasteiger partial charge in [0.2, 0.25) is 0 Å². The molecule has 10 heavy (non-hydrogen) atoms. The third-order valence-corrected chi connectivity index (χ3v) is 2.27. The van der Waals surface area contributed by atoms with Gasteiger partial charge in [0, 0.05) is 0 Å². The second kappa shape index (κ2) is 1.92. The van der Waals surface area contributed by atoms with Crippen molar-refractivity contribution in [3.05, 3.63) is 0 Å². The van der Waals surface area contributed by atoms with E-state index in [4.69, 9.17) is 15.2 Å². The Morgan fingerprint density at radius 2 is 2.30 bits per heavy atom. The second-order valence-corrected chi connectivity index (χ2v) is 2.91. The summed E-state index contributed by atoms with van der Waals surface area (Å²) in [6, 6.07) is 0. The summed E-state index contributed by atoms with van der Waals surface area (Å²) in [6.07, 6.45) is -0.235. The molecule has 0 radical (unpaired) electrons. The van der Waals surface area contributed by atoms with Crippen LogP contribution in [-0.4, -0.2) is 36.3 Å². The van der Waals surface area contributed by atoms with Crippen LogP contribution >= 0.6 is 0 Å². The summed E-state index contributed by atoms with van der Waals surface area (Å²) in [6.45, 7) is 0.902. The first-order chi connectivity index (χ1) is 4.73. The smallest absolute Gasteiger partial charge is 0.178 e. The summed E-state index contributed by atoms with van der Waals surface area (Å²) in [5.74, 6) is 0. The minimum atomic E-state index is -0.625. The van der Waals surface area contributed by atoms with E-state index in [9.17, 15) is 5.11 Å². The molecule has 0 aromatic heterocycles. The molecule has 2 aliphatic heterocycles. The van der Waals surface area contributed by atoms with Crippen molar-refractivity contribution in [2.45, 2.75) is 24.4 Å². The van der Waals surface area contributed by atoms with Gasteiger partial charge in [-0.2, -0.15) is 0 Å². The van der Waals surface area contributed by atoms with Gasteiger partial charge >= 0.3 is 0 Å². The van der Waals surface area contributed by atoms with Gasteiger partial charge in [0.25, 0.3) is 0 Å². The van der Waals surface area contributed by atoms with Crippen LogP contribution in [0.2, 0.25) is 0 Å². The molecule has 0 bridgehead atoms. The fourth-order valence-corrected chi connectivity index (χ4v) is 1.48. The molecule has 58 valence electrons. The van der Waals surface area contributed by atoms with Crippen LogP contribution in [-0.2, 0) is 9.47 Å². The van der Waals surface area contributed by atoms with E-state index in [0.717, 1.165) is 0 Å². The molecule has 2 heterocycles. The zero-order valence-corrected chi connectivity index (χ0v) is 5.62. The summed E-state index contributed by atoms with van der Waals surface area (Å²) in [5.41, 5.74) is 5.18. The summed E-state index contributed by atoms with van der Waals surface area (Å²) in [5, 5.41) is 9.33. The normalized spacial score (nSPS) is 53.4. The molecule has 0 spiro atoms. The molecule has 2 fully saturated rings. The van der Waals surface area contributed by atoms with E-state index >= 15 is 0 Å². The molecule has 3 atom stereocenters. The Morgan fingerprint density at radius 1 is 1.50 bits per heavy atom.